The molecule has 84 valence electrons. The maximum absolute atomic E-state index is 8.84. The summed E-state index contributed by atoms with van der Waals surface area (Å²) in [5.74, 6) is 0. The van der Waals surface area contributed by atoms with Gasteiger partial charge in [0.2, 0.25) is 0 Å². The quantitative estimate of drug-likeness (QED) is 0.848. The molecule has 0 bridgehead atoms. The molecule has 0 radical (unpaired) electrons. The highest BCUT2D eigenvalue weighted by Crippen LogP contribution is 2.22. The van der Waals surface area contributed by atoms with Crippen molar-refractivity contribution >= 4 is 22.6 Å². The Morgan fingerprint density at radius 3 is 2.73 bits per heavy atom. The molecule has 1 N–H and O–H groups in total. The zero-order valence-electron chi connectivity index (χ0n) is 8.64. The van der Waals surface area contributed by atoms with Crippen LogP contribution in [0.3, 0.4) is 0 Å². The topological polar surface area (TPSA) is 41.3 Å². The van der Waals surface area contributed by atoms with Gasteiger partial charge >= 0.3 is 0 Å². The fraction of sp³-hybridized carbons (Fsp3) is 0.700. The number of piperidine rings is 1. The molecule has 0 aliphatic carbocycles. The van der Waals surface area contributed by atoms with Crippen LogP contribution in [0.2, 0.25) is 0 Å². The molecule has 15 heavy (non-hydrogen) atoms. The average Bonchev–Trinajstić information content (AvgIpc) is 2.67. The molecule has 1 saturated heterocycles. The van der Waals surface area contributed by atoms with Gasteiger partial charge in [0.05, 0.1) is 22.4 Å². The minimum atomic E-state index is 0.268. The first-order valence-corrected chi connectivity index (χ1v) is 6.40. The van der Waals surface area contributed by atoms with Crippen molar-refractivity contribution in [3.8, 4) is 0 Å². The lowest BCUT2D eigenvalue weighted by molar-refractivity contribution is 0.145. The third-order valence-electron chi connectivity index (χ3n) is 2.92. The second kappa shape index (κ2) is 5.27. The van der Waals surface area contributed by atoms with Gasteiger partial charge < -0.3 is 10.0 Å². The molecule has 2 heterocycles. The van der Waals surface area contributed by atoms with E-state index < -0.39 is 0 Å². The summed E-state index contributed by atoms with van der Waals surface area (Å²) in [4.78, 5) is 2.31. The van der Waals surface area contributed by atoms with Gasteiger partial charge in [-0.25, -0.2) is 0 Å². The molecule has 1 aromatic rings. The van der Waals surface area contributed by atoms with Crippen molar-refractivity contribution in [2.45, 2.75) is 18.9 Å². The van der Waals surface area contributed by atoms with Crippen LogP contribution >= 0.6 is 22.6 Å². The summed E-state index contributed by atoms with van der Waals surface area (Å²) in [6, 6.07) is 0.545. The van der Waals surface area contributed by atoms with E-state index in [1.165, 1.54) is 3.57 Å². The van der Waals surface area contributed by atoms with E-state index in [0.29, 0.717) is 6.04 Å². The molecule has 1 aromatic heterocycles. The molecule has 0 saturated carbocycles. The number of halogens is 1. The minimum Gasteiger partial charge on any atom is -0.395 e. The molecule has 0 unspecified atom stereocenters. The van der Waals surface area contributed by atoms with Gasteiger partial charge in [-0.3, -0.25) is 4.68 Å². The van der Waals surface area contributed by atoms with Crippen molar-refractivity contribution in [1.82, 2.24) is 14.7 Å². The fourth-order valence-corrected chi connectivity index (χ4v) is 2.47. The van der Waals surface area contributed by atoms with Crippen molar-refractivity contribution in [3.63, 3.8) is 0 Å². The van der Waals surface area contributed by atoms with Crippen LogP contribution in [0.25, 0.3) is 0 Å². The summed E-state index contributed by atoms with van der Waals surface area (Å²) in [6.45, 7) is 3.22. The van der Waals surface area contributed by atoms with Crippen LogP contribution < -0.4 is 0 Å². The first-order chi connectivity index (χ1) is 7.29. The van der Waals surface area contributed by atoms with Gasteiger partial charge in [-0.15, -0.1) is 0 Å². The van der Waals surface area contributed by atoms with Gasteiger partial charge in [0.1, 0.15) is 0 Å². The molecule has 0 spiro atoms. The van der Waals surface area contributed by atoms with Crippen LogP contribution in [0, 0.1) is 3.57 Å². The second-order valence-electron chi connectivity index (χ2n) is 3.93. The van der Waals surface area contributed by atoms with Gasteiger partial charge in [0, 0.05) is 25.8 Å². The summed E-state index contributed by atoms with van der Waals surface area (Å²) in [7, 11) is 0. The van der Waals surface area contributed by atoms with Gasteiger partial charge in [-0.2, -0.15) is 5.10 Å². The average molecular weight is 321 g/mol. The third-order valence-corrected chi connectivity index (χ3v) is 3.47. The third kappa shape index (κ3) is 2.92. The van der Waals surface area contributed by atoms with E-state index >= 15 is 0 Å². The van der Waals surface area contributed by atoms with E-state index in [9.17, 15) is 0 Å². The van der Waals surface area contributed by atoms with Crippen molar-refractivity contribution in [3.05, 3.63) is 16.0 Å². The van der Waals surface area contributed by atoms with Crippen molar-refractivity contribution < 1.29 is 5.11 Å². The molecule has 0 amide bonds. The molecule has 0 atom stereocenters. The predicted molar refractivity (Wildman–Crippen MR) is 66.7 cm³/mol. The number of aliphatic hydroxyl groups is 1. The molecular formula is C10H16IN3O. The monoisotopic (exact) mass is 321 g/mol. The molecule has 5 heteroatoms. The summed E-state index contributed by atoms with van der Waals surface area (Å²) in [5, 5.41) is 13.2. The SMILES string of the molecule is OCCN1CCC(n2cc(I)cn2)CC1. The van der Waals surface area contributed by atoms with E-state index in [-0.39, 0.29) is 6.61 Å². The zero-order valence-corrected chi connectivity index (χ0v) is 10.8. The van der Waals surface area contributed by atoms with E-state index in [2.05, 4.69) is 43.5 Å². The van der Waals surface area contributed by atoms with E-state index in [1.807, 2.05) is 6.20 Å². The number of nitrogens with zero attached hydrogens (tertiary/aromatic N) is 3. The largest absolute Gasteiger partial charge is 0.395 e. The molecule has 1 aliphatic rings. The lowest BCUT2D eigenvalue weighted by atomic mass is 10.1. The maximum atomic E-state index is 8.84. The molecular weight excluding hydrogens is 305 g/mol. The number of β-amino-alcohol motifs (C(OH)–C–C–N with tert-alkyl or cyclic N) is 1. The van der Waals surface area contributed by atoms with E-state index in [4.69, 9.17) is 5.11 Å². The smallest absolute Gasteiger partial charge is 0.0623 e. The molecule has 1 aliphatic heterocycles. The number of hydrogen-bond acceptors (Lipinski definition) is 3. The van der Waals surface area contributed by atoms with Crippen LogP contribution in [-0.4, -0.2) is 46.0 Å². The second-order valence-corrected chi connectivity index (χ2v) is 5.18. The Morgan fingerprint density at radius 2 is 2.20 bits per heavy atom. The van der Waals surface area contributed by atoms with Crippen molar-refractivity contribution in [1.29, 1.82) is 0 Å². The van der Waals surface area contributed by atoms with Crippen LogP contribution in [0.5, 0.6) is 0 Å². The Hall–Kier alpha value is -0.140. The van der Waals surface area contributed by atoms with E-state index in [1.54, 1.807) is 0 Å². The molecule has 4 nitrogen and oxygen atoms in total. The Bertz CT molecular complexity index is 307. The van der Waals surface area contributed by atoms with Gasteiger partial charge in [0.15, 0.2) is 0 Å². The van der Waals surface area contributed by atoms with Crippen LogP contribution in [0.4, 0.5) is 0 Å². The lowest BCUT2D eigenvalue weighted by Gasteiger charge is -2.31. The first-order valence-electron chi connectivity index (χ1n) is 5.32. The Kier molecular flexibility index (Phi) is 3.99. The lowest BCUT2D eigenvalue weighted by Crippen LogP contribution is -2.36. The number of aliphatic hydroxyl groups excluding tert-OH is 1. The Labute approximate surface area is 103 Å². The summed E-state index contributed by atoms with van der Waals surface area (Å²) >= 11 is 2.29. The number of aromatic nitrogens is 2. The highest BCUT2D eigenvalue weighted by Gasteiger charge is 2.20. The number of rotatable bonds is 3. The van der Waals surface area contributed by atoms with Crippen molar-refractivity contribution in [2.24, 2.45) is 0 Å². The van der Waals surface area contributed by atoms with Gasteiger partial charge in [0.25, 0.3) is 0 Å². The van der Waals surface area contributed by atoms with Crippen LogP contribution in [0.1, 0.15) is 18.9 Å². The summed E-state index contributed by atoms with van der Waals surface area (Å²) in [6.07, 6.45) is 6.28. The molecule has 1 fully saturated rings. The number of hydrogen-bond donors (Lipinski definition) is 1. The van der Waals surface area contributed by atoms with E-state index in [0.717, 1.165) is 32.5 Å². The zero-order chi connectivity index (χ0) is 10.7. The highest BCUT2D eigenvalue weighted by molar-refractivity contribution is 14.1. The molecule has 2 rings (SSSR count). The summed E-state index contributed by atoms with van der Waals surface area (Å²) in [5.41, 5.74) is 0. The van der Waals surface area contributed by atoms with Crippen LogP contribution in [-0.2, 0) is 0 Å². The maximum Gasteiger partial charge on any atom is 0.0623 e. The normalized spacial score (nSPS) is 19.6. The first kappa shape index (κ1) is 11.3. The molecule has 0 aromatic carbocycles. The predicted octanol–water partition coefficient (Wildman–Crippen LogP) is 1.12. The minimum absolute atomic E-state index is 0.268. The standard InChI is InChI=1S/C10H16IN3O/c11-9-7-12-14(8-9)10-1-3-13(4-2-10)5-6-15/h7-8,10,15H,1-6H2. The highest BCUT2D eigenvalue weighted by atomic mass is 127. The van der Waals surface area contributed by atoms with Gasteiger partial charge in [-0.05, 0) is 35.4 Å². The number of likely N-dealkylation sites (tertiary alicyclic amines) is 1. The fourth-order valence-electron chi connectivity index (χ4n) is 2.06. The van der Waals surface area contributed by atoms with Crippen LogP contribution in [0.15, 0.2) is 12.4 Å². The van der Waals surface area contributed by atoms with Gasteiger partial charge in [-0.1, -0.05) is 0 Å². The Balaban J connectivity index is 1.88. The van der Waals surface area contributed by atoms with Crippen molar-refractivity contribution in [2.75, 3.05) is 26.2 Å². The Morgan fingerprint density at radius 1 is 1.47 bits per heavy atom. The summed E-state index contributed by atoms with van der Waals surface area (Å²) < 4.78 is 3.28.